The number of hydrogen-bond acceptors (Lipinski definition) is 5. The number of benzene rings is 1. The first-order valence-electron chi connectivity index (χ1n) is 10.1. The van der Waals surface area contributed by atoms with Crippen molar-refractivity contribution in [3.05, 3.63) is 42.4 Å². The molecular weight excluding hydrogens is 352 g/mol. The molecule has 2 aliphatic rings. The van der Waals surface area contributed by atoms with Crippen molar-refractivity contribution in [1.29, 1.82) is 0 Å². The maximum Gasteiger partial charge on any atom is 0.222 e. The van der Waals surface area contributed by atoms with Crippen molar-refractivity contribution < 1.29 is 4.79 Å². The molecule has 7 heteroatoms. The highest BCUT2D eigenvalue weighted by molar-refractivity contribution is 5.88. The molecule has 3 heterocycles. The van der Waals surface area contributed by atoms with E-state index in [2.05, 4.69) is 10.00 Å². The van der Waals surface area contributed by atoms with Gasteiger partial charge in [-0.1, -0.05) is 25.1 Å². The second-order valence-corrected chi connectivity index (χ2v) is 7.53. The minimum absolute atomic E-state index is 0.225. The number of aromatic nitrogens is 4. The lowest BCUT2D eigenvalue weighted by atomic mass is 10.2. The summed E-state index contributed by atoms with van der Waals surface area (Å²) in [5, 5.41) is 5.60. The fourth-order valence-electron chi connectivity index (χ4n) is 3.82. The molecule has 0 atom stereocenters. The highest BCUT2D eigenvalue weighted by Gasteiger charge is 2.30. The van der Waals surface area contributed by atoms with Gasteiger partial charge in [0, 0.05) is 38.5 Å². The quantitative estimate of drug-likeness (QED) is 0.700. The Kier molecular flexibility index (Phi) is 4.22. The van der Waals surface area contributed by atoms with E-state index in [9.17, 15) is 4.79 Å². The normalized spacial score (nSPS) is 17.3. The van der Waals surface area contributed by atoms with Gasteiger partial charge >= 0.3 is 0 Å². The summed E-state index contributed by atoms with van der Waals surface area (Å²) in [6, 6.07) is 10.1. The minimum atomic E-state index is 0.225. The van der Waals surface area contributed by atoms with Crippen LogP contribution in [-0.2, 0) is 4.79 Å². The largest absolute Gasteiger partial charge is 0.352 e. The van der Waals surface area contributed by atoms with E-state index in [0.717, 1.165) is 67.4 Å². The summed E-state index contributed by atoms with van der Waals surface area (Å²) in [5.74, 6) is 2.57. The lowest BCUT2D eigenvalue weighted by molar-refractivity contribution is -0.131. The molecule has 1 aliphatic heterocycles. The fraction of sp³-hybridized carbons (Fsp3) is 0.429. The molecular formula is C21H24N6O. The van der Waals surface area contributed by atoms with Crippen molar-refractivity contribution in [2.24, 2.45) is 0 Å². The van der Waals surface area contributed by atoms with Gasteiger partial charge in [0.1, 0.15) is 11.6 Å². The number of amides is 1. The van der Waals surface area contributed by atoms with Gasteiger partial charge in [-0.05, 0) is 25.0 Å². The van der Waals surface area contributed by atoms with E-state index in [1.165, 1.54) is 0 Å². The maximum atomic E-state index is 12.0. The van der Waals surface area contributed by atoms with Crippen molar-refractivity contribution >= 4 is 22.8 Å². The van der Waals surface area contributed by atoms with Gasteiger partial charge in [-0.3, -0.25) is 4.79 Å². The predicted octanol–water partition coefficient (Wildman–Crippen LogP) is 2.75. The van der Waals surface area contributed by atoms with Crippen LogP contribution in [0.2, 0.25) is 0 Å². The average molecular weight is 376 g/mol. The first-order valence-corrected chi connectivity index (χ1v) is 10.1. The number of nitrogens with zero attached hydrogens (tertiary/aromatic N) is 6. The molecule has 0 N–H and O–H groups in total. The molecule has 1 saturated carbocycles. The minimum Gasteiger partial charge on any atom is -0.352 e. The zero-order chi connectivity index (χ0) is 19.1. The Morgan fingerprint density at radius 3 is 2.50 bits per heavy atom. The van der Waals surface area contributed by atoms with Crippen LogP contribution in [-0.4, -0.2) is 56.7 Å². The summed E-state index contributed by atoms with van der Waals surface area (Å²) in [6.45, 7) is 4.98. The molecule has 1 amide bonds. The molecule has 0 radical (unpaired) electrons. The molecule has 144 valence electrons. The van der Waals surface area contributed by atoms with Crippen molar-refractivity contribution in [2.45, 2.75) is 32.1 Å². The molecule has 28 heavy (non-hydrogen) atoms. The highest BCUT2D eigenvalue weighted by atomic mass is 16.2. The number of fused-ring (bicyclic) bond motifs is 1. The van der Waals surface area contributed by atoms with Crippen molar-refractivity contribution in [2.75, 3.05) is 31.1 Å². The Balaban J connectivity index is 1.54. The topological polar surface area (TPSA) is 67.2 Å². The standard InChI is InChI=1S/C21H24N6O/c1-2-18(28)25-10-12-26(13-11-25)20-17-14-22-27(16-6-4-3-5-7-16)21(17)24-19(23-20)15-8-9-15/h3-7,14-15H,2,8-13H2,1H3. The number of para-hydroxylation sites is 1. The van der Waals surface area contributed by atoms with Gasteiger partial charge in [0.05, 0.1) is 17.3 Å². The molecule has 0 bridgehead atoms. The second-order valence-electron chi connectivity index (χ2n) is 7.53. The molecule has 1 saturated heterocycles. The molecule has 2 aromatic heterocycles. The first kappa shape index (κ1) is 17.2. The highest BCUT2D eigenvalue weighted by Crippen LogP contribution is 2.40. The Morgan fingerprint density at radius 1 is 1.07 bits per heavy atom. The van der Waals surface area contributed by atoms with Gasteiger partial charge in [-0.15, -0.1) is 0 Å². The number of carbonyl (C=O) groups is 1. The molecule has 0 unspecified atom stereocenters. The second kappa shape index (κ2) is 6.89. The van der Waals surface area contributed by atoms with E-state index in [-0.39, 0.29) is 5.91 Å². The van der Waals surface area contributed by atoms with E-state index >= 15 is 0 Å². The van der Waals surface area contributed by atoms with Gasteiger partial charge in [0.25, 0.3) is 0 Å². The predicted molar refractivity (Wildman–Crippen MR) is 108 cm³/mol. The number of piperazine rings is 1. The van der Waals surface area contributed by atoms with Gasteiger partial charge < -0.3 is 9.80 Å². The first-order chi connectivity index (χ1) is 13.7. The van der Waals surface area contributed by atoms with E-state index in [1.807, 2.05) is 53.0 Å². The van der Waals surface area contributed by atoms with Crippen LogP contribution in [0.25, 0.3) is 16.7 Å². The molecule has 5 rings (SSSR count). The van der Waals surface area contributed by atoms with Crippen LogP contribution in [0.15, 0.2) is 36.5 Å². The number of carbonyl (C=O) groups excluding carboxylic acids is 1. The third-order valence-electron chi connectivity index (χ3n) is 5.60. The number of anilines is 1. The monoisotopic (exact) mass is 376 g/mol. The van der Waals surface area contributed by atoms with Crippen molar-refractivity contribution in [3.63, 3.8) is 0 Å². The third kappa shape index (κ3) is 3.00. The summed E-state index contributed by atoms with van der Waals surface area (Å²) in [6.07, 6.45) is 4.75. The summed E-state index contributed by atoms with van der Waals surface area (Å²) < 4.78 is 1.91. The average Bonchev–Trinajstić information content (AvgIpc) is 3.52. The van der Waals surface area contributed by atoms with E-state index in [1.54, 1.807) is 0 Å². The van der Waals surface area contributed by atoms with Gasteiger partial charge in [0.2, 0.25) is 5.91 Å². The number of hydrogen-bond donors (Lipinski definition) is 0. The molecule has 1 aliphatic carbocycles. The molecule has 0 spiro atoms. The summed E-state index contributed by atoms with van der Waals surface area (Å²) in [4.78, 5) is 26.1. The Morgan fingerprint density at radius 2 is 1.82 bits per heavy atom. The summed E-state index contributed by atoms with van der Waals surface area (Å²) in [7, 11) is 0. The molecule has 1 aromatic carbocycles. The lowest BCUT2D eigenvalue weighted by Gasteiger charge is -2.35. The van der Waals surface area contributed by atoms with Gasteiger partial charge in [-0.25, -0.2) is 14.6 Å². The van der Waals surface area contributed by atoms with Crippen LogP contribution in [0.4, 0.5) is 5.82 Å². The van der Waals surface area contributed by atoms with Gasteiger partial charge in [-0.2, -0.15) is 5.10 Å². The van der Waals surface area contributed by atoms with Crippen LogP contribution < -0.4 is 4.90 Å². The fourth-order valence-corrected chi connectivity index (χ4v) is 3.82. The van der Waals surface area contributed by atoms with Crippen LogP contribution in [0.1, 0.15) is 37.9 Å². The maximum absolute atomic E-state index is 12.0. The molecule has 7 nitrogen and oxygen atoms in total. The van der Waals surface area contributed by atoms with Gasteiger partial charge in [0.15, 0.2) is 5.65 Å². The molecule has 2 fully saturated rings. The molecule has 3 aromatic rings. The summed E-state index contributed by atoms with van der Waals surface area (Å²) in [5.41, 5.74) is 1.87. The van der Waals surface area contributed by atoms with Crippen molar-refractivity contribution in [1.82, 2.24) is 24.6 Å². The Bertz CT molecular complexity index is 1000. The lowest BCUT2D eigenvalue weighted by Crippen LogP contribution is -2.49. The van der Waals surface area contributed by atoms with Crippen LogP contribution in [0.3, 0.4) is 0 Å². The van der Waals surface area contributed by atoms with Crippen molar-refractivity contribution in [3.8, 4) is 5.69 Å². The number of rotatable bonds is 4. The van der Waals surface area contributed by atoms with Crippen LogP contribution in [0, 0.1) is 0 Å². The van der Waals surface area contributed by atoms with E-state index in [4.69, 9.17) is 9.97 Å². The zero-order valence-electron chi connectivity index (χ0n) is 16.1. The smallest absolute Gasteiger partial charge is 0.222 e. The van der Waals surface area contributed by atoms with E-state index in [0.29, 0.717) is 12.3 Å². The third-order valence-corrected chi connectivity index (χ3v) is 5.60. The Hall–Kier alpha value is -2.96. The Labute approximate surface area is 164 Å². The SMILES string of the molecule is CCC(=O)N1CCN(c2nc(C3CC3)nc3c2cnn3-c2ccccc2)CC1. The zero-order valence-corrected chi connectivity index (χ0v) is 16.1. The van der Waals surface area contributed by atoms with Crippen LogP contribution >= 0.6 is 0 Å². The summed E-state index contributed by atoms with van der Waals surface area (Å²) >= 11 is 0. The van der Waals surface area contributed by atoms with E-state index < -0.39 is 0 Å². The van der Waals surface area contributed by atoms with Crippen LogP contribution in [0.5, 0.6) is 0 Å².